The minimum atomic E-state index is -0.292. The lowest BCUT2D eigenvalue weighted by Gasteiger charge is -2.08. The molecule has 1 aliphatic heterocycles. The maximum Gasteiger partial charge on any atom is 0.319 e. The lowest BCUT2D eigenvalue weighted by molar-refractivity contribution is 0.174. The van der Waals surface area contributed by atoms with E-state index in [1.54, 1.807) is 12.1 Å². The summed E-state index contributed by atoms with van der Waals surface area (Å²) in [5, 5.41) is 14.0. The summed E-state index contributed by atoms with van der Waals surface area (Å²) in [6, 6.07) is 22.4. The van der Waals surface area contributed by atoms with Crippen molar-refractivity contribution in [2.24, 2.45) is 0 Å². The summed E-state index contributed by atoms with van der Waals surface area (Å²) in [4.78, 5) is 12.2. The van der Waals surface area contributed by atoms with E-state index >= 15 is 0 Å². The molecule has 160 valence electrons. The van der Waals surface area contributed by atoms with Gasteiger partial charge in [-0.25, -0.2) is 4.79 Å². The maximum absolute atomic E-state index is 12.2. The van der Waals surface area contributed by atoms with Gasteiger partial charge in [-0.1, -0.05) is 42.5 Å². The van der Waals surface area contributed by atoms with Crippen LogP contribution in [0, 0.1) is 0 Å². The van der Waals surface area contributed by atoms with Crippen molar-refractivity contribution in [3.05, 3.63) is 89.8 Å². The van der Waals surface area contributed by atoms with Gasteiger partial charge in [0.2, 0.25) is 18.6 Å². The number of fused-ring (bicyclic) bond motifs is 1. The van der Waals surface area contributed by atoms with E-state index < -0.39 is 0 Å². The van der Waals surface area contributed by atoms with E-state index in [0.717, 1.165) is 22.4 Å². The van der Waals surface area contributed by atoms with E-state index in [0.29, 0.717) is 36.2 Å². The molecule has 0 aliphatic carbocycles. The smallest absolute Gasteiger partial charge is 0.319 e. The molecule has 2 N–H and O–H groups in total. The molecule has 5 rings (SSSR count). The van der Waals surface area contributed by atoms with E-state index in [2.05, 4.69) is 20.8 Å². The molecule has 2 heterocycles. The number of nitrogens with one attached hydrogen (secondary N) is 2. The van der Waals surface area contributed by atoms with Gasteiger partial charge in [-0.3, -0.25) is 0 Å². The SMILES string of the molecule is O=C(NCc1ccccc1)Nc1cccc(-c2nnc(Cc3ccc4c(c3)OCO4)o2)c1. The number of rotatable bonds is 6. The molecule has 8 heteroatoms. The summed E-state index contributed by atoms with van der Waals surface area (Å²) in [5.74, 6) is 2.32. The topological polar surface area (TPSA) is 98.5 Å². The van der Waals surface area contributed by atoms with Crippen molar-refractivity contribution >= 4 is 11.7 Å². The highest BCUT2D eigenvalue weighted by molar-refractivity contribution is 5.89. The standard InChI is InChI=1S/C24H20N4O4/c29-24(25-14-16-5-2-1-3-6-16)26-19-8-4-7-18(13-19)23-28-27-22(32-23)12-17-9-10-20-21(11-17)31-15-30-20/h1-11,13H,12,14-15H2,(H2,25,26,29). The predicted octanol–water partition coefficient (Wildman–Crippen LogP) is 4.38. The summed E-state index contributed by atoms with van der Waals surface area (Å²) < 4.78 is 16.6. The number of hydrogen-bond acceptors (Lipinski definition) is 6. The number of aromatic nitrogens is 2. The van der Waals surface area contributed by atoms with Crippen LogP contribution in [0.3, 0.4) is 0 Å². The minimum Gasteiger partial charge on any atom is -0.454 e. The van der Waals surface area contributed by atoms with E-state index in [-0.39, 0.29) is 12.8 Å². The summed E-state index contributed by atoms with van der Waals surface area (Å²) in [7, 11) is 0. The largest absolute Gasteiger partial charge is 0.454 e. The Kier molecular flexibility index (Phi) is 5.40. The van der Waals surface area contributed by atoms with Gasteiger partial charge in [-0.05, 0) is 41.5 Å². The van der Waals surface area contributed by atoms with Crippen LogP contribution in [0.5, 0.6) is 11.5 Å². The Balaban J connectivity index is 1.22. The highest BCUT2D eigenvalue weighted by atomic mass is 16.7. The van der Waals surface area contributed by atoms with Gasteiger partial charge in [0, 0.05) is 17.8 Å². The number of nitrogens with zero attached hydrogens (tertiary/aromatic N) is 2. The molecule has 4 aromatic rings. The molecule has 0 unspecified atom stereocenters. The molecule has 0 spiro atoms. The van der Waals surface area contributed by atoms with Gasteiger partial charge >= 0.3 is 6.03 Å². The van der Waals surface area contributed by atoms with Crippen molar-refractivity contribution in [2.75, 3.05) is 12.1 Å². The summed E-state index contributed by atoms with van der Waals surface area (Å²) in [6.45, 7) is 0.678. The lowest BCUT2D eigenvalue weighted by Crippen LogP contribution is -2.28. The van der Waals surface area contributed by atoms with Crippen molar-refractivity contribution in [3.63, 3.8) is 0 Å². The quantitative estimate of drug-likeness (QED) is 0.473. The molecule has 3 aromatic carbocycles. The molecule has 2 amide bonds. The van der Waals surface area contributed by atoms with Gasteiger partial charge in [-0.2, -0.15) is 0 Å². The molecule has 0 fully saturated rings. The molecular weight excluding hydrogens is 408 g/mol. The summed E-state index contributed by atoms with van der Waals surface area (Å²) >= 11 is 0. The van der Waals surface area contributed by atoms with Gasteiger partial charge in [0.15, 0.2) is 11.5 Å². The molecule has 0 radical (unpaired) electrons. The second-order valence-corrected chi connectivity index (χ2v) is 7.24. The van der Waals surface area contributed by atoms with Crippen LogP contribution in [0.15, 0.2) is 77.2 Å². The normalized spacial score (nSPS) is 11.9. The third-order valence-corrected chi connectivity index (χ3v) is 4.92. The third-order valence-electron chi connectivity index (χ3n) is 4.92. The lowest BCUT2D eigenvalue weighted by atomic mass is 10.1. The Morgan fingerprint density at radius 3 is 2.66 bits per heavy atom. The average molecular weight is 428 g/mol. The Hall–Kier alpha value is -4.33. The highest BCUT2D eigenvalue weighted by Crippen LogP contribution is 2.33. The van der Waals surface area contributed by atoms with E-state index in [4.69, 9.17) is 13.9 Å². The monoisotopic (exact) mass is 428 g/mol. The fourth-order valence-electron chi connectivity index (χ4n) is 3.35. The third kappa shape index (κ3) is 4.54. The van der Waals surface area contributed by atoms with Crippen LogP contribution in [0.2, 0.25) is 0 Å². The van der Waals surface area contributed by atoms with Crippen LogP contribution in [0.4, 0.5) is 10.5 Å². The van der Waals surface area contributed by atoms with Crippen LogP contribution in [0.25, 0.3) is 11.5 Å². The molecular formula is C24H20N4O4. The number of ether oxygens (including phenoxy) is 2. The van der Waals surface area contributed by atoms with Gasteiger partial charge < -0.3 is 24.5 Å². The maximum atomic E-state index is 12.2. The Morgan fingerprint density at radius 2 is 1.75 bits per heavy atom. The van der Waals surface area contributed by atoms with Crippen LogP contribution in [0.1, 0.15) is 17.0 Å². The van der Waals surface area contributed by atoms with E-state index in [1.165, 1.54) is 0 Å². The zero-order valence-corrected chi connectivity index (χ0v) is 17.1. The van der Waals surface area contributed by atoms with E-state index in [9.17, 15) is 4.79 Å². The Labute approximate surface area is 184 Å². The van der Waals surface area contributed by atoms with Crippen molar-refractivity contribution in [2.45, 2.75) is 13.0 Å². The number of anilines is 1. The Morgan fingerprint density at radius 1 is 0.875 bits per heavy atom. The zero-order chi connectivity index (χ0) is 21.8. The summed E-state index contributed by atoms with van der Waals surface area (Å²) in [5.41, 5.74) is 3.35. The molecule has 8 nitrogen and oxygen atoms in total. The Bertz CT molecular complexity index is 1240. The average Bonchev–Trinajstić information content (AvgIpc) is 3.48. The fourth-order valence-corrected chi connectivity index (χ4v) is 3.35. The molecule has 0 bridgehead atoms. The zero-order valence-electron chi connectivity index (χ0n) is 17.1. The molecule has 1 aromatic heterocycles. The predicted molar refractivity (Wildman–Crippen MR) is 117 cm³/mol. The van der Waals surface area contributed by atoms with Gasteiger partial charge in [-0.15, -0.1) is 10.2 Å². The second-order valence-electron chi connectivity index (χ2n) is 7.24. The number of hydrogen-bond donors (Lipinski definition) is 2. The number of amides is 2. The highest BCUT2D eigenvalue weighted by Gasteiger charge is 2.15. The van der Waals surface area contributed by atoms with Gasteiger partial charge in [0.1, 0.15) is 0 Å². The fraction of sp³-hybridized carbons (Fsp3) is 0.125. The number of benzene rings is 3. The van der Waals surface area contributed by atoms with Crippen molar-refractivity contribution in [1.82, 2.24) is 15.5 Å². The molecule has 0 saturated carbocycles. The van der Waals surface area contributed by atoms with Crippen LogP contribution in [-0.4, -0.2) is 23.0 Å². The van der Waals surface area contributed by atoms with Crippen molar-refractivity contribution in [3.8, 4) is 23.0 Å². The molecule has 0 saturated heterocycles. The second kappa shape index (κ2) is 8.81. The van der Waals surface area contributed by atoms with Crippen LogP contribution in [-0.2, 0) is 13.0 Å². The number of carbonyl (C=O) groups excluding carboxylic acids is 1. The minimum absolute atomic E-state index is 0.234. The molecule has 32 heavy (non-hydrogen) atoms. The number of carbonyl (C=O) groups is 1. The molecule has 1 aliphatic rings. The van der Waals surface area contributed by atoms with Crippen LogP contribution < -0.4 is 20.1 Å². The van der Waals surface area contributed by atoms with Gasteiger partial charge in [0.05, 0.1) is 6.42 Å². The first-order valence-electron chi connectivity index (χ1n) is 10.1. The van der Waals surface area contributed by atoms with E-state index in [1.807, 2.05) is 60.7 Å². The van der Waals surface area contributed by atoms with Crippen LogP contribution >= 0.6 is 0 Å². The first kappa shape index (κ1) is 19.6. The summed E-state index contributed by atoms with van der Waals surface area (Å²) in [6.07, 6.45) is 0.476. The van der Waals surface area contributed by atoms with Gasteiger partial charge in [0.25, 0.3) is 0 Å². The molecule has 0 atom stereocenters. The first-order valence-corrected chi connectivity index (χ1v) is 10.1. The van der Waals surface area contributed by atoms with Crippen molar-refractivity contribution < 1.29 is 18.7 Å². The number of urea groups is 1. The first-order chi connectivity index (χ1) is 15.7. The van der Waals surface area contributed by atoms with Crippen molar-refractivity contribution in [1.29, 1.82) is 0 Å².